The molecule has 1 aliphatic carbocycles. The number of hydrazone groups is 1. The van der Waals surface area contributed by atoms with E-state index in [1.165, 1.54) is 21.3 Å². The third-order valence-corrected chi connectivity index (χ3v) is 7.81. The monoisotopic (exact) mass is 564 g/mol. The van der Waals surface area contributed by atoms with Crippen LogP contribution in [0.1, 0.15) is 47.3 Å². The van der Waals surface area contributed by atoms with Gasteiger partial charge in [0.15, 0.2) is 11.5 Å². The van der Waals surface area contributed by atoms with Crippen molar-refractivity contribution in [1.29, 1.82) is 0 Å². The Bertz CT molecular complexity index is 1410. The molecular formula is C31H30Cl2N2O4. The second-order valence-corrected chi connectivity index (χ2v) is 10.8. The number of carbonyl (C=O) groups is 1. The van der Waals surface area contributed by atoms with E-state index >= 15 is 0 Å². The largest absolute Gasteiger partial charge is 0.493 e. The number of carbonyl (C=O) groups excluding carboxylic acids is 1. The average Bonchev–Trinajstić information content (AvgIpc) is 3.32. The Kier molecular flexibility index (Phi) is 7.87. The van der Waals surface area contributed by atoms with Gasteiger partial charge in [-0.05, 0) is 77.9 Å². The predicted molar refractivity (Wildman–Crippen MR) is 155 cm³/mol. The molecule has 0 spiro atoms. The van der Waals surface area contributed by atoms with Crippen molar-refractivity contribution in [2.75, 3.05) is 21.3 Å². The maximum absolute atomic E-state index is 14.2. The van der Waals surface area contributed by atoms with Crippen LogP contribution in [-0.2, 0) is 0 Å². The quantitative estimate of drug-likeness (QED) is 0.307. The van der Waals surface area contributed by atoms with Crippen molar-refractivity contribution in [3.05, 3.63) is 93.0 Å². The average molecular weight is 565 g/mol. The summed E-state index contributed by atoms with van der Waals surface area (Å²) in [6.07, 6.45) is 3.94. The van der Waals surface area contributed by atoms with Gasteiger partial charge in [0.05, 0.1) is 33.1 Å². The Hall–Kier alpha value is -3.48. The van der Waals surface area contributed by atoms with Crippen LogP contribution in [-0.4, -0.2) is 38.0 Å². The van der Waals surface area contributed by atoms with Gasteiger partial charge in [0.2, 0.25) is 5.75 Å². The fourth-order valence-electron chi connectivity index (χ4n) is 5.55. The summed E-state index contributed by atoms with van der Waals surface area (Å²) in [5.74, 6) is 1.43. The first-order valence-electron chi connectivity index (χ1n) is 12.8. The molecule has 1 amide bonds. The number of rotatable bonds is 6. The summed E-state index contributed by atoms with van der Waals surface area (Å²) in [6, 6.07) is 18.4. The van der Waals surface area contributed by atoms with E-state index in [2.05, 4.69) is 13.0 Å². The first-order valence-corrected chi connectivity index (χ1v) is 13.5. The Labute approximate surface area is 238 Å². The minimum atomic E-state index is -0.291. The highest BCUT2D eigenvalue weighted by atomic mass is 35.5. The molecule has 0 bridgehead atoms. The van der Waals surface area contributed by atoms with Crippen molar-refractivity contribution >= 4 is 40.9 Å². The number of fused-ring (bicyclic) bond motifs is 1. The van der Waals surface area contributed by atoms with Crippen LogP contribution in [0.25, 0.3) is 6.08 Å². The lowest BCUT2D eigenvalue weighted by Crippen LogP contribution is -2.33. The van der Waals surface area contributed by atoms with Crippen molar-refractivity contribution in [2.45, 2.75) is 25.8 Å². The molecule has 5 rings (SSSR count). The van der Waals surface area contributed by atoms with E-state index in [0.717, 1.165) is 35.3 Å². The number of hydrogen-bond donors (Lipinski definition) is 0. The van der Waals surface area contributed by atoms with Gasteiger partial charge >= 0.3 is 0 Å². The van der Waals surface area contributed by atoms with E-state index in [4.69, 9.17) is 42.5 Å². The topological polar surface area (TPSA) is 60.4 Å². The molecule has 6 nitrogen and oxygen atoms in total. The molecule has 1 aliphatic heterocycles. The van der Waals surface area contributed by atoms with Gasteiger partial charge in [0, 0.05) is 21.5 Å². The number of allylic oxidation sites excluding steroid dienone is 1. The van der Waals surface area contributed by atoms with Crippen molar-refractivity contribution in [3.8, 4) is 17.2 Å². The molecule has 0 N–H and O–H groups in total. The van der Waals surface area contributed by atoms with Gasteiger partial charge in [-0.15, -0.1) is 0 Å². The first-order chi connectivity index (χ1) is 18.8. The molecular weight excluding hydrogens is 535 g/mol. The van der Waals surface area contributed by atoms with Crippen molar-refractivity contribution in [2.24, 2.45) is 16.9 Å². The Balaban J connectivity index is 1.62. The van der Waals surface area contributed by atoms with Gasteiger partial charge < -0.3 is 14.2 Å². The number of methoxy groups -OCH3 is 3. The van der Waals surface area contributed by atoms with Gasteiger partial charge in [-0.3, -0.25) is 4.79 Å². The molecule has 0 aromatic heterocycles. The molecule has 1 saturated carbocycles. The van der Waals surface area contributed by atoms with Gasteiger partial charge in [0.25, 0.3) is 5.91 Å². The lowest BCUT2D eigenvalue weighted by atomic mass is 9.73. The first kappa shape index (κ1) is 27.1. The van der Waals surface area contributed by atoms with E-state index in [-0.39, 0.29) is 17.9 Å². The highest BCUT2D eigenvalue weighted by molar-refractivity contribution is 6.30. The highest BCUT2D eigenvalue weighted by Crippen LogP contribution is 2.47. The van der Waals surface area contributed by atoms with E-state index in [9.17, 15) is 4.79 Å². The van der Waals surface area contributed by atoms with Gasteiger partial charge in [0.1, 0.15) is 0 Å². The van der Waals surface area contributed by atoms with E-state index < -0.39 is 0 Å². The third-order valence-electron chi connectivity index (χ3n) is 7.31. The fraction of sp³-hybridized carbons (Fsp3) is 0.290. The standard InChI is InChI=1S/C31H30Cl2N2O4/c1-18-13-21(15-19-5-9-23(32)10-6-19)28-25(14-18)29(20-7-11-24(33)12-8-20)35(34-28)31(36)22-16-26(37-2)30(39-4)27(17-22)38-3/h5-12,15-18,25,29H,13-14H2,1-4H3/b21-15+/t18-,25-,29+/m0/s1. The van der Waals surface area contributed by atoms with Gasteiger partial charge in [-0.1, -0.05) is 54.4 Å². The number of benzene rings is 3. The molecule has 2 aliphatic rings. The summed E-state index contributed by atoms with van der Waals surface area (Å²) in [5.41, 5.74) is 4.47. The van der Waals surface area contributed by atoms with Crippen LogP contribution in [0.15, 0.2) is 71.3 Å². The van der Waals surface area contributed by atoms with E-state index in [1.807, 2.05) is 48.5 Å². The van der Waals surface area contributed by atoms with Crippen molar-refractivity contribution < 1.29 is 19.0 Å². The Morgan fingerprint density at radius 3 is 2.08 bits per heavy atom. The minimum Gasteiger partial charge on any atom is -0.493 e. The van der Waals surface area contributed by atoms with Crippen LogP contribution >= 0.6 is 23.2 Å². The van der Waals surface area contributed by atoms with Gasteiger partial charge in [-0.25, -0.2) is 5.01 Å². The van der Waals surface area contributed by atoms with Crippen LogP contribution in [0.2, 0.25) is 10.0 Å². The molecule has 39 heavy (non-hydrogen) atoms. The van der Waals surface area contributed by atoms with E-state index in [0.29, 0.717) is 38.8 Å². The summed E-state index contributed by atoms with van der Waals surface area (Å²) < 4.78 is 16.5. The third kappa shape index (κ3) is 5.36. The maximum Gasteiger partial charge on any atom is 0.274 e. The summed E-state index contributed by atoms with van der Waals surface area (Å²) in [6.45, 7) is 2.25. The smallest absolute Gasteiger partial charge is 0.274 e. The van der Waals surface area contributed by atoms with Crippen LogP contribution < -0.4 is 14.2 Å². The SMILES string of the molecule is COc1cc(C(=O)N2N=C3/C(=C/c4ccc(Cl)cc4)C[C@H](C)C[C@@H]3[C@H]2c2ccc(Cl)cc2)cc(OC)c1OC. The van der Waals surface area contributed by atoms with E-state index in [1.54, 1.807) is 17.1 Å². The molecule has 3 aromatic carbocycles. The number of halogens is 2. The molecule has 0 saturated heterocycles. The second-order valence-electron chi connectivity index (χ2n) is 9.92. The van der Waals surface area contributed by atoms with Crippen LogP contribution in [0, 0.1) is 11.8 Å². The van der Waals surface area contributed by atoms with Crippen molar-refractivity contribution in [3.63, 3.8) is 0 Å². The zero-order chi connectivity index (χ0) is 27.7. The molecule has 1 heterocycles. The summed E-state index contributed by atoms with van der Waals surface area (Å²) in [4.78, 5) is 14.2. The number of ether oxygens (including phenoxy) is 3. The molecule has 3 atom stereocenters. The van der Waals surface area contributed by atoms with Crippen LogP contribution in [0.5, 0.6) is 17.2 Å². The normalized spacial score (nSPS) is 21.4. The number of amides is 1. The molecule has 1 fully saturated rings. The van der Waals surface area contributed by atoms with Crippen LogP contribution in [0.4, 0.5) is 0 Å². The molecule has 8 heteroatoms. The summed E-state index contributed by atoms with van der Waals surface area (Å²) >= 11 is 12.3. The van der Waals surface area contributed by atoms with Crippen LogP contribution in [0.3, 0.4) is 0 Å². The molecule has 0 unspecified atom stereocenters. The zero-order valence-corrected chi connectivity index (χ0v) is 23.8. The summed E-state index contributed by atoms with van der Waals surface area (Å²) in [7, 11) is 4.59. The minimum absolute atomic E-state index is 0.0273. The maximum atomic E-state index is 14.2. The lowest BCUT2D eigenvalue weighted by Gasteiger charge is -2.32. The predicted octanol–water partition coefficient (Wildman–Crippen LogP) is 7.70. The fourth-order valence-corrected chi connectivity index (χ4v) is 5.80. The highest BCUT2D eigenvalue weighted by Gasteiger charge is 2.45. The van der Waals surface area contributed by atoms with Gasteiger partial charge in [-0.2, -0.15) is 5.10 Å². The Morgan fingerprint density at radius 2 is 1.51 bits per heavy atom. The second kappa shape index (κ2) is 11.3. The molecule has 3 aromatic rings. The molecule has 202 valence electrons. The number of nitrogens with zero attached hydrogens (tertiary/aromatic N) is 2. The van der Waals surface area contributed by atoms with Crippen molar-refractivity contribution in [1.82, 2.24) is 5.01 Å². The summed E-state index contributed by atoms with van der Waals surface area (Å²) in [5, 5.41) is 7.95. The number of hydrogen-bond acceptors (Lipinski definition) is 5. The molecule has 0 radical (unpaired) electrons. The lowest BCUT2D eigenvalue weighted by molar-refractivity contribution is 0.0675. The zero-order valence-electron chi connectivity index (χ0n) is 22.3. The Morgan fingerprint density at radius 1 is 0.923 bits per heavy atom.